The summed E-state index contributed by atoms with van der Waals surface area (Å²) >= 11 is 11.7. The van der Waals surface area contributed by atoms with Gasteiger partial charge in [-0.05, 0) is 31.9 Å². The van der Waals surface area contributed by atoms with Crippen molar-refractivity contribution in [3.8, 4) is 0 Å². The molecule has 1 aromatic rings. The summed E-state index contributed by atoms with van der Waals surface area (Å²) in [5.41, 5.74) is 0.543. The SMILES string of the molecule is C[C@H]([NH2+]CC(=O)NC(=O)NC1CCCC1)c1cc(F)c(Cl)cc1Cl. The zero-order valence-electron chi connectivity index (χ0n) is 13.4. The Balaban J connectivity index is 1.80. The highest BCUT2D eigenvalue weighted by Gasteiger charge is 2.20. The Labute approximate surface area is 150 Å². The molecular formula is C16H21Cl2FN3O2+. The lowest BCUT2D eigenvalue weighted by molar-refractivity contribution is -0.682. The van der Waals surface area contributed by atoms with E-state index in [1.807, 2.05) is 0 Å². The molecule has 0 heterocycles. The summed E-state index contributed by atoms with van der Waals surface area (Å²) in [4.78, 5) is 23.6. The van der Waals surface area contributed by atoms with E-state index in [4.69, 9.17) is 23.2 Å². The molecule has 0 aliphatic heterocycles. The minimum atomic E-state index is -0.559. The van der Waals surface area contributed by atoms with Crippen LogP contribution in [0.3, 0.4) is 0 Å². The summed E-state index contributed by atoms with van der Waals surface area (Å²) in [7, 11) is 0. The fraction of sp³-hybridized carbons (Fsp3) is 0.500. The van der Waals surface area contributed by atoms with Gasteiger partial charge >= 0.3 is 6.03 Å². The number of rotatable bonds is 5. The molecule has 0 aromatic heterocycles. The first-order valence-electron chi connectivity index (χ1n) is 7.95. The highest BCUT2D eigenvalue weighted by Crippen LogP contribution is 2.27. The van der Waals surface area contributed by atoms with Gasteiger partial charge in [-0.15, -0.1) is 0 Å². The molecule has 1 aliphatic carbocycles. The minimum Gasteiger partial charge on any atom is -0.335 e. The standard InChI is InChI=1S/C16H20Cl2FN3O2/c1-9(11-6-14(19)13(18)7-12(11)17)20-8-15(23)22-16(24)21-10-4-2-3-5-10/h6-7,9-10,20H,2-5,8H2,1H3,(H2,21,22,23,24)/p+1/t9-/m0/s1. The number of benzene rings is 1. The zero-order valence-corrected chi connectivity index (χ0v) is 14.9. The van der Waals surface area contributed by atoms with Crippen LogP contribution in [0, 0.1) is 5.82 Å². The second kappa shape index (κ2) is 8.65. The summed E-state index contributed by atoms with van der Waals surface area (Å²) in [6, 6.07) is 2.03. The van der Waals surface area contributed by atoms with E-state index in [1.54, 1.807) is 12.2 Å². The highest BCUT2D eigenvalue weighted by atomic mass is 35.5. The molecule has 0 radical (unpaired) electrons. The van der Waals surface area contributed by atoms with Crippen molar-refractivity contribution in [3.63, 3.8) is 0 Å². The number of halogens is 3. The number of urea groups is 1. The van der Waals surface area contributed by atoms with Crippen LogP contribution >= 0.6 is 23.2 Å². The van der Waals surface area contributed by atoms with Crippen molar-refractivity contribution in [2.75, 3.05) is 6.54 Å². The van der Waals surface area contributed by atoms with Crippen molar-refractivity contribution in [3.05, 3.63) is 33.6 Å². The number of nitrogens with one attached hydrogen (secondary N) is 2. The predicted octanol–water partition coefficient (Wildman–Crippen LogP) is 2.53. The first-order valence-corrected chi connectivity index (χ1v) is 8.70. The van der Waals surface area contributed by atoms with Crippen LogP contribution in [-0.2, 0) is 4.79 Å². The third kappa shape index (κ3) is 5.33. The molecular weight excluding hydrogens is 356 g/mol. The lowest BCUT2D eigenvalue weighted by Crippen LogP contribution is -2.87. The van der Waals surface area contributed by atoms with Crippen LogP contribution in [0.5, 0.6) is 0 Å². The van der Waals surface area contributed by atoms with E-state index in [-0.39, 0.29) is 23.7 Å². The normalized spacial score (nSPS) is 16.0. The van der Waals surface area contributed by atoms with Crippen LogP contribution in [-0.4, -0.2) is 24.5 Å². The second-order valence-electron chi connectivity index (χ2n) is 6.02. The van der Waals surface area contributed by atoms with Crippen LogP contribution < -0.4 is 16.0 Å². The van der Waals surface area contributed by atoms with Gasteiger partial charge in [0, 0.05) is 11.6 Å². The average Bonchev–Trinajstić information content (AvgIpc) is 3.01. The molecule has 0 spiro atoms. The van der Waals surface area contributed by atoms with Gasteiger partial charge in [0.15, 0.2) is 6.54 Å². The Kier molecular flexibility index (Phi) is 6.83. The Bertz CT molecular complexity index is 622. The lowest BCUT2D eigenvalue weighted by atomic mass is 10.1. The highest BCUT2D eigenvalue weighted by molar-refractivity contribution is 6.35. The molecule has 1 saturated carbocycles. The van der Waals surface area contributed by atoms with Crippen LogP contribution in [0.25, 0.3) is 0 Å². The molecule has 0 saturated heterocycles. The Morgan fingerprint density at radius 1 is 1.29 bits per heavy atom. The minimum absolute atomic E-state index is 0.0276. The molecule has 1 aromatic carbocycles. The third-order valence-electron chi connectivity index (χ3n) is 4.13. The number of hydrogen-bond donors (Lipinski definition) is 3. The molecule has 1 fully saturated rings. The fourth-order valence-corrected chi connectivity index (χ4v) is 3.32. The van der Waals surface area contributed by atoms with Gasteiger partial charge in [-0.2, -0.15) is 0 Å². The predicted molar refractivity (Wildman–Crippen MR) is 90.6 cm³/mol. The van der Waals surface area contributed by atoms with E-state index in [0.29, 0.717) is 10.6 Å². The van der Waals surface area contributed by atoms with Crippen molar-refractivity contribution in [2.24, 2.45) is 0 Å². The molecule has 24 heavy (non-hydrogen) atoms. The van der Waals surface area contributed by atoms with E-state index in [0.717, 1.165) is 25.7 Å². The first kappa shape index (κ1) is 19.0. The smallest absolute Gasteiger partial charge is 0.321 e. The van der Waals surface area contributed by atoms with Crippen LogP contribution in [0.15, 0.2) is 12.1 Å². The molecule has 0 unspecified atom stereocenters. The molecule has 5 nitrogen and oxygen atoms in total. The Morgan fingerprint density at radius 3 is 2.62 bits per heavy atom. The maximum atomic E-state index is 13.5. The molecule has 1 atom stereocenters. The van der Waals surface area contributed by atoms with E-state index in [1.165, 1.54) is 12.1 Å². The molecule has 4 N–H and O–H groups in total. The lowest BCUT2D eigenvalue weighted by Gasteiger charge is -2.14. The van der Waals surface area contributed by atoms with Gasteiger partial charge in [0.25, 0.3) is 5.91 Å². The summed E-state index contributed by atoms with van der Waals surface area (Å²) in [6.07, 6.45) is 4.10. The fourth-order valence-electron chi connectivity index (χ4n) is 2.77. The number of amides is 3. The van der Waals surface area contributed by atoms with Gasteiger partial charge in [-0.3, -0.25) is 10.1 Å². The first-order chi connectivity index (χ1) is 11.4. The van der Waals surface area contributed by atoms with Crippen LogP contribution in [0.1, 0.15) is 44.2 Å². The molecule has 8 heteroatoms. The molecule has 132 valence electrons. The molecule has 2 rings (SSSR count). The topological polar surface area (TPSA) is 74.8 Å². The summed E-state index contributed by atoms with van der Waals surface area (Å²) in [5.74, 6) is -0.973. The van der Waals surface area contributed by atoms with Crippen molar-refractivity contribution in [2.45, 2.75) is 44.7 Å². The number of carbonyl (C=O) groups is 2. The van der Waals surface area contributed by atoms with Crippen molar-refractivity contribution in [1.29, 1.82) is 0 Å². The second-order valence-corrected chi connectivity index (χ2v) is 6.83. The molecule has 0 bridgehead atoms. The molecule has 3 amide bonds. The van der Waals surface area contributed by atoms with Gasteiger partial charge in [0.1, 0.15) is 11.9 Å². The van der Waals surface area contributed by atoms with Gasteiger partial charge in [-0.1, -0.05) is 36.0 Å². The monoisotopic (exact) mass is 376 g/mol. The van der Waals surface area contributed by atoms with Crippen molar-refractivity contribution < 1.29 is 19.3 Å². The largest absolute Gasteiger partial charge is 0.335 e. The van der Waals surface area contributed by atoms with Gasteiger partial charge < -0.3 is 10.6 Å². The zero-order chi connectivity index (χ0) is 17.7. The number of hydrogen-bond acceptors (Lipinski definition) is 2. The van der Waals surface area contributed by atoms with E-state index < -0.39 is 17.8 Å². The van der Waals surface area contributed by atoms with Crippen LogP contribution in [0.2, 0.25) is 10.0 Å². The number of quaternary nitrogens is 1. The van der Waals surface area contributed by atoms with E-state index in [9.17, 15) is 14.0 Å². The van der Waals surface area contributed by atoms with Crippen molar-refractivity contribution >= 4 is 35.1 Å². The Hall–Kier alpha value is -1.37. The van der Waals surface area contributed by atoms with E-state index in [2.05, 4.69) is 10.6 Å². The quantitative estimate of drug-likeness (QED) is 0.690. The van der Waals surface area contributed by atoms with Crippen molar-refractivity contribution in [1.82, 2.24) is 10.6 Å². The van der Waals surface area contributed by atoms with Gasteiger partial charge in [0.05, 0.1) is 10.0 Å². The van der Waals surface area contributed by atoms with E-state index >= 15 is 0 Å². The Morgan fingerprint density at radius 2 is 1.96 bits per heavy atom. The third-order valence-corrected chi connectivity index (χ3v) is 4.75. The summed E-state index contributed by atoms with van der Waals surface area (Å²) < 4.78 is 13.5. The summed E-state index contributed by atoms with van der Waals surface area (Å²) in [6.45, 7) is 1.82. The average molecular weight is 377 g/mol. The number of nitrogens with two attached hydrogens (primary N) is 1. The number of carbonyl (C=O) groups excluding carboxylic acids is 2. The number of imide groups is 1. The van der Waals surface area contributed by atoms with Crippen LogP contribution in [0.4, 0.5) is 9.18 Å². The molecule has 1 aliphatic rings. The van der Waals surface area contributed by atoms with Gasteiger partial charge in [-0.25, -0.2) is 9.18 Å². The maximum Gasteiger partial charge on any atom is 0.321 e. The van der Waals surface area contributed by atoms with Gasteiger partial charge in [0.2, 0.25) is 0 Å². The maximum absolute atomic E-state index is 13.5. The summed E-state index contributed by atoms with van der Waals surface area (Å²) in [5, 5.41) is 7.05.